The number of nitriles is 1. The number of anilines is 1. The molecular weight excluding hydrogens is 300 g/mol. The standard InChI is InChI=1S/C13H9F2N3O2S/c1-2-6-12(17)9(5-16)21-13(6)10-7(14)3-4-8(11(10)15)18(19)20/h3-4H,2,17H2,1H3. The fourth-order valence-corrected chi connectivity index (χ4v) is 3.15. The van der Waals surface area contributed by atoms with E-state index >= 15 is 0 Å². The van der Waals surface area contributed by atoms with E-state index in [0.717, 1.165) is 23.5 Å². The highest BCUT2D eigenvalue weighted by atomic mass is 32.1. The molecule has 21 heavy (non-hydrogen) atoms. The van der Waals surface area contributed by atoms with Gasteiger partial charge in [0.25, 0.3) is 0 Å². The maximum Gasteiger partial charge on any atom is 0.305 e. The van der Waals surface area contributed by atoms with Gasteiger partial charge < -0.3 is 5.73 Å². The minimum atomic E-state index is -1.26. The Morgan fingerprint density at radius 2 is 2.14 bits per heavy atom. The lowest BCUT2D eigenvalue weighted by Gasteiger charge is -2.06. The Balaban J connectivity index is 2.82. The maximum atomic E-state index is 14.2. The van der Waals surface area contributed by atoms with Crippen LogP contribution < -0.4 is 5.73 Å². The number of nitrogens with two attached hydrogens (primary N) is 1. The number of hydrogen-bond donors (Lipinski definition) is 1. The second kappa shape index (κ2) is 5.46. The lowest BCUT2D eigenvalue weighted by atomic mass is 10.0. The Morgan fingerprint density at radius 3 is 2.67 bits per heavy atom. The molecule has 0 spiro atoms. The van der Waals surface area contributed by atoms with Gasteiger partial charge in [-0.1, -0.05) is 6.92 Å². The molecule has 0 radical (unpaired) electrons. The fraction of sp³-hybridized carbons (Fsp3) is 0.154. The molecule has 0 fully saturated rings. The number of nitrogens with zero attached hydrogens (tertiary/aromatic N) is 2. The molecule has 0 bridgehead atoms. The molecule has 5 nitrogen and oxygen atoms in total. The molecule has 108 valence electrons. The molecule has 1 aromatic heterocycles. The molecule has 2 aromatic rings. The van der Waals surface area contributed by atoms with Crippen LogP contribution in [0.1, 0.15) is 17.4 Å². The smallest absolute Gasteiger partial charge is 0.305 e. The van der Waals surface area contributed by atoms with Gasteiger partial charge in [-0.05, 0) is 18.1 Å². The molecule has 1 heterocycles. The first-order valence-electron chi connectivity index (χ1n) is 5.86. The monoisotopic (exact) mass is 309 g/mol. The summed E-state index contributed by atoms with van der Waals surface area (Å²) in [5, 5.41) is 19.7. The minimum absolute atomic E-state index is 0.116. The molecule has 2 N–H and O–H groups in total. The molecular formula is C13H9F2N3O2S. The summed E-state index contributed by atoms with van der Waals surface area (Å²) in [6.07, 6.45) is 0.348. The first-order chi connectivity index (χ1) is 9.92. The number of thiophene rings is 1. The molecule has 0 aliphatic carbocycles. The van der Waals surface area contributed by atoms with Gasteiger partial charge >= 0.3 is 5.69 Å². The zero-order valence-corrected chi connectivity index (χ0v) is 11.6. The molecule has 1 aromatic carbocycles. The van der Waals surface area contributed by atoms with Crippen molar-refractivity contribution < 1.29 is 13.7 Å². The molecule has 8 heteroatoms. The van der Waals surface area contributed by atoms with Gasteiger partial charge in [-0.15, -0.1) is 11.3 Å². The number of nitro groups is 1. The van der Waals surface area contributed by atoms with Crippen molar-refractivity contribution in [3.05, 3.63) is 44.3 Å². The van der Waals surface area contributed by atoms with Crippen molar-refractivity contribution in [1.29, 1.82) is 5.26 Å². The first kappa shape index (κ1) is 14.9. The summed E-state index contributed by atoms with van der Waals surface area (Å²) in [6.45, 7) is 1.72. The second-order valence-electron chi connectivity index (χ2n) is 4.13. The first-order valence-corrected chi connectivity index (χ1v) is 6.68. The van der Waals surface area contributed by atoms with E-state index in [1.807, 2.05) is 6.07 Å². The van der Waals surface area contributed by atoms with Crippen LogP contribution in [0.5, 0.6) is 0 Å². The van der Waals surface area contributed by atoms with Crippen molar-refractivity contribution >= 4 is 22.7 Å². The van der Waals surface area contributed by atoms with Crippen molar-refractivity contribution in [3.8, 4) is 16.5 Å². The Morgan fingerprint density at radius 1 is 1.48 bits per heavy atom. The van der Waals surface area contributed by atoms with E-state index in [1.54, 1.807) is 6.92 Å². The van der Waals surface area contributed by atoms with E-state index < -0.39 is 27.8 Å². The third kappa shape index (κ3) is 2.32. The Bertz CT molecular complexity index is 781. The summed E-state index contributed by atoms with van der Waals surface area (Å²) in [7, 11) is 0. The lowest BCUT2D eigenvalue weighted by Crippen LogP contribution is -1.99. The van der Waals surface area contributed by atoms with Gasteiger partial charge in [0.15, 0.2) is 0 Å². The molecule has 0 saturated heterocycles. The highest BCUT2D eigenvalue weighted by molar-refractivity contribution is 7.16. The van der Waals surface area contributed by atoms with Crippen LogP contribution in [-0.4, -0.2) is 4.92 Å². The maximum absolute atomic E-state index is 14.2. The van der Waals surface area contributed by atoms with Gasteiger partial charge in [-0.2, -0.15) is 9.65 Å². The summed E-state index contributed by atoms with van der Waals surface area (Å²) >= 11 is 0.824. The zero-order valence-electron chi connectivity index (χ0n) is 10.8. The normalized spacial score (nSPS) is 10.4. The average Bonchev–Trinajstić information content (AvgIpc) is 2.74. The molecule has 2 rings (SSSR count). The van der Waals surface area contributed by atoms with Crippen LogP contribution in [0.15, 0.2) is 12.1 Å². The van der Waals surface area contributed by atoms with Gasteiger partial charge in [0.05, 0.1) is 16.2 Å². The van der Waals surface area contributed by atoms with Gasteiger partial charge in [-0.3, -0.25) is 10.1 Å². The number of benzene rings is 1. The second-order valence-corrected chi connectivity index (χ2v) is 5.15. The number of rotatable bonds is 3. The van der Waals surface area contributed by atoms with E-state index in [0.29, 0.717) is 12.0 Å². The van der Waals surface area contributed by atoms with Gasteiger partial charge in [0, 0.05) is 10.9 Å². The van der Waals surface area contributed by atoms with Crippen molar-refractivity contribution in [1.82, 2.24) is 0 Å². The zero-order chi connectivity index (χ0) is 15.7. The van der Waals surface area contributed by atoms with Crippen molar-refractivity contribution in [3.63, 3.8) is 0 Å². The Labute approximate surface area is 122 Å². The highest BCUT2D eigenvalue weighted by Crippen LogP contribution is 2.42. The summed E-state index contributed by atoms with van der Waals surface area (Å²) in [6, 6.07) is 3.45. The highest BCUT2D eigenvalue weighted by Gasteiger charge is 2.27. The van der Waals surface area contributed by atoms with Crippen LogP contribution in [0.25, 0.3) is 10.4 Å². The van der Waals surface area contributed by atoms with Gasteiger partial charge in [0.1, 0.15) is 16.8 Å². The van der Waals surface area contributed by atoms with E-state index in [9.17, 15) is 18.9 Å². The lowest BCUT2D eigenvalue weighted by molar-refractivity contribution is -0.387. The van der Waals surface area contributed by atoms with Crippen LogP contribution in [0.3, 0.4) is 0 Å². The summed E-state index contributed by atoms with van der Waals surface area (Å²) in [4.78, 5) is 10.1. The Hall–Kier alpha value is -2.53. The van der Waals surface area contributed by atoms with Crippen molar-refractivity contribution in [2.45, 2.75) is 13.3 Å². The predicted octanol–water partition coefficient (Wildman–Crippen LogP) is 3.62. The van der Waals surface area contributed by atoms with Crippen molar-refractivity contribution in [2.24, 2.45) is 0 Å². The molecule has 0 amide bonds. The summed E-state index contributed by atoms with van der Waals surface area (Å²) < 4.78 is 28.2. The number of nitro benzene ring substituents is 1. The third-order valence-electron chi connectivity index (χ3n) is 3.00. The third-order valence-corrected chi connectivity index (χ3v) is 4.17. The molecule has 0 unspecified atom stereocenters. The fourth-order valence-electron chi connectivity index (χ4n) is 2.00. The van der Waals surface area contributed by atoms with Crippen LogP contribution >= 0.6 is 11.3 Å². The number of nitrogen functional groups attached to an aromatic ring is 1. The average molecular weight is 309 g/mol. The van der Waals surface area contributed by atoms with Crippen LogP contribution in [0.2, 0.25) is 0 Å². The molecule has 0 aliphatic rings. The van der Waals surface area contributed by atoms with Crippen molar-refractivity contribution in [2.75, 3.05) is 5.73 Å². The van der Waals surface area contributed by atoms with Crippen LogP contribution in [0, 0.1) is 33.1 Å². The molecule has 0 atom stereocenters. The quantitative estimate of drug-likeness (QED) is 0.692. The Kier molecular flexibility index (Phi) is 3.86. The van der Waals surface area contributed by atoms with E-state index in [4.69, 9.17) is 11.0 Å². The minimum Gasteiger partial charge on any atom is -0.397 e. The van der Waals surface area contributed by atoms with Crippen LogP contribution in [-0.2, 0) is 6.42 Å². The van der Waals surface area contributed by atoms with Gasteiger partial charge in [0.2, 0.25) is 5.82 Å². The largest absolute Gasteiger partial charge is 0.397 e. The number of hydrogen-bond acceptors (Lipinski definition) is 5. The predicted molar refractivity (Wildman–Crippen MR) is 74.8 cm³/mol. The summed E-state index contributed by atoms with van der Waals surface area (Å²) in [5.41, 5.74) is 5.00. The topological polar surface area (TPSA) is 93.0 Å². The SMILES string of the molecule is CCc1c(-c2c(F)ccc([N+](=O)[O-])c2F)sc(C#N)c1N. The van der Waals surface area contributed by atoms with E-state index in [2.05, 4.69) is 0 Å². The number of halogens is 2. The van der Waals surface area contributed by atoms with E-state index in [-0.39, 0.29) is 15.4 Å². The van der Waals surface area contributed by atoms with Crippen LogP contribution in [0.4, 0.5) is 20.2 Å². The van der Waals surface area contributed by atoms with E-state index in [1.165, 1.54) is 0 Å². The molecule has 0 aliphatic heterocycles. The molecule has 0 saturated carbocycles. The van der Waals surface area contributed by atoms with Gasteiger partial charge in [-0.25, -0.2) is 4.39 Å². The summed E-state index contributed by atoms with van der Waals surface area (Å²) in [5.74, 6) is -2.20.